The Morgan fingerprint density at radius 1 is 1.15 bits per heavy atom. The molecule has 20 heavy (non-hydrogen) atoms. The molecule has 1 aromatic carbocycles. The highest BCUT2D eigenvalue weighted by Gasteiger charge is 2.16. The Labute approximate surface area is 122 Å². The maximum absolute atomic E-state index is 13.9. The summed E-state index contributed by atoms with van der Waals surface area (Å²) in [5.74, 6) is 0.492. The zero-order valence-electron chi connectivity index (χ0n) is 13.2. The smallest absolute Gasteiger partial charge is 0.129 e. The minimum Gasteiger partial charge on any atom is -0.372 e. The molecule has 0 aliphatic rings. The summed E-state index contributed by atoms with van der Waals surface area (Å²) >= 11 is 0. The van der Waals surface area contributed by atoms with E-state index in [0.29, 0.717) is 30.7 Å². The predicted octanol–water partition coefficient (Wildman–Crippen LogP) is 4.32. The van der Waals surface area contributed by atoms with Crippen LogP contribution in [0.4, 0.5) is 4.39 Å². The lowest BCUT2D eigenvalue weighted by atomic mass is 10.1. The average Bonchev–Trinajstić information content (AvgIpc) is 2.38. The minimum atomic E-state index is -0.217. The highest BCUT2D eigenvalue weighted by Crippen LogP contribution is 2.21. The normalized spacial score (nSPS) is 13.2. The second-order valence-electron chi connectivity index (χ2n) is 5.98. The van der Waals surface area contributed by atoms with Gasteiger partial charge in [0.25, 0.3) is 0 Å². The van der Waals surface area contributed by atoms with E-state index in [0.717, 1.165) is 12.8 Å². The molecule has 1 unspecified atom stereocenters. The van der Waals surface area contributed by atoms with Crippen molar-refractivity contribution in [1.82, 2.24) is 5.32 Å². The zero-order valence-corrected chi connectivity index (χ0v) is 13.2. The van der Waals surface area contributed by atoms with Crippen LogP contribution in [-0.2, 0) is 4.74 Å². The minimum absolute atomic E-state index is 0.188. The molecule has 3 heteroatoms. The molecule has 0 heterocycles. The summed E-state index contributed by atoms with van der Waals surface area (Å²) in [5, 5.41) is 3.33. The first-order valence-corrected chi connectivity index (χ1v) is 7.60. The van der Waals surface area contributed by atoms with Gasteiger partial charge in [-0.2, -0.15) is 0 Å². The first kappa shape index (κ1) is 17.1. The monoisotopic (exact) mass is 281 g/mol. The van der Waals surface area contributed by atoms with E-state index in [9.17, 15) is 4.39 Å². The molecule has 0 saturated carbocycles. The fraction of sp³-hybridized carbons (Fsp3) is 0.647. The van der Waals surface area contributed by atoms with Crippen molar-refractivity contribution < 1.29 is 9.13 Å². The third-order valence-corrected chi connectivity index (χ3v) is 3.21. The number of hydrogen-bond acceptors (Lipinski definition) is 2. The number of halogens is 1. The average molecular weight is 281 g/mol. The fourth-order valence-corrected chi connectivity index (χ4v) is 2.05. The van der Waals surface area contributed by atoms with E-state index < -0.39 is 0 Å². The molecule has 0 aliphatic heterocycles. The molecule has 0 amide bonds. The predicted molar refractivity (Wildman–Crippen MR) is 82.3 cm³/mol. The molecule has 114 valence electrons. The summed E-state index contributed by atoms with van der Waals surface area (Å²) in [5.41, 5.74) is 0.644. The Bertz CT molecular complexity index is 379. The van der Waals surface area contributed by atoms with Crippen molar-refractivity contribution in [2.45, 2.75) is 52.7 Å². The van der Waals surface area contributed by atoms with Crippen molar-refractivity contribution in [3.05, 3.63) is 35.6 Å². The van der Waals surface area contributed by atoms with E-state index in [1.165, 1.54) is 6.07 Å². The molecule has 1 aromatic rings. The summed E-state index contributed by atoms with van der Waals surface area (Å²) in [6.45, 7) is 9.88. The summed E-state index contributed by atoms with van der Waals surface area (Å²) < 4.78 is 19.8. The first-order chi connectivity index (χ1) is 9.50. The molecule has 1 N–H and O–H groups in total. The molecular formula is C17H28FNO. The molecular weight excluding hydrogens is 253 g/mol. The van der Waals surface area contributed by atoms with Crippen LogP contribution in [-0.4, -0.2) is 19.2 Å². The van der Waals surface area contributed by atoms with Gasteiger partial charge in [0.2, 0.25) is 0 Å². The van der Waals surface area contributed by atoms with Gasteiger partial charge in [0.1, 0.15) is 5.82 Å². The maximum Gasteiger partial charge on any atom is 0.129 e. The van der Waals surface area contributed by atoms with Gasteiger partial charge >= 0.3 is 0 Å². The fourth-order valence-electron chi connectivity index (χ4n) is 2.05. The molecule has 0 aliphatic carbocycles. The van der Waals surface area contributed by atoms with Gasteiger partial charge < -0.3 is 10.1 Å². The van der Waals surface area contributed by atoms with E-state index in [1.807, 2.05) is 12.1 Å². The van der Waals surface area contributed by atoms with Crippen molar-refractivity contribution in [1.29, 1.82) is 0 Å². The Balaban J connectivity index is 2.58. The van der Waals surface area contributed by atoms with Gasteiger partial charge in [0.15, 0.2) is 0 Å². The Kier molecular flexibility index (Phi) is 7.78. The van der Waals surface area contributed by atoms with Gasteiger partial charge in [-0.15, -0.1) is 0 Å². The van der Waals surface area contributed by atoms with Crippen molar-refractivity contribution in [2.75, 3.05) is 13.2 Å². The van der Waals surface area contributed by atoms with Crippen molar-refractivity contribution in [3.63, 3.8) is 0 Å². The van der Waals surface area contributed by atoms with Crippen molar-refractivity contribution in [2.24, 2.45) is 5.92 Å². The lowest BCUT2D eigenvalue weighted by molar-refractivity contribution is 0.0451. The van der Waals surface area contributed by atoms with Gasteiger partial charge in [-0.1, -0.05) is 45.9 Å². The standard InChI is InChI=1S/C17H28FNO/c1-13(2)8-7-11-20-17(12-19-14(3)4)15-9-5-6-10-16(15)18/h5-6,9-10,13-14,17,19H,7-8,11-12H2,1-4H3. The number of benzene rings is 1. The quantitative estimate of drug-likeness (QED) is 0.681. The van der Waals surface area contributed by atoms with Crippen LogP contribution >= 0.6 is 0 Å². The number of rotatable bonds is 9. The van der Waals surface area contributed by atoms with Gasteiger partial charge in [-0.05, 0) is 24.8 Å². The van der Waals surface area contributed by atoms with E-state index in [2.05, 4.69) is 33.0 Å². The highest BCUT2D eigenvalue weighted by molar-refractivity contribution is 5.20. The van der Waals surface area contributed by atoms with Crippen LogP contribution < -0.4 is 5.32 Å². The van der Waals surface area contributed by atoms with E-state index >= 15 is 0 Å². The van der Waals surface area contributed by atoms with Crippen LogP contribution in [0.15, 0.2) is 24.3 Å². The number of nitrogens with one attached hydrogen (secondary N) is 1. The van der Waals surface area contributed by atoms with Gasteiger partial charge in [-0.25, -0.2) is 4.39 Å². The van der Waals surface area contributed by atoms with Gasteiger partial charge in [0, 0.05) is 24.8 Å². The molecule has 1 rings (SSSR count). The molecule has 0 radical (unpaired) electrons. The maximum atomic E-state index is 13.9. The Hall–Kier alpha value is -0.930. The summed E-state index contributed by atoms with van der Waals surface area (Å²) in [7, 11) is 0. The molecule has 0 spiro atoms. The van der Waals surface area contributed by atoms with Gasteiger partial charge in [0.05, 0.1) is 6.10 Å². The van der Waals surface area contributed by atoms with Crippen LogP contribution in [0.3, 0.4) is 0 Å². The van der Waals surface area contributed by atoms with Crippen LogP contribution in [0.2, 0.25) is 0 Å². The molecule has 0 fully saturated rings. The number of hydrogen-bond donors (Lipinski definition) is 1. The lowest BCUT2D eigenvalue weighted by Gasteiger charge is -2.21. The molecule has 0 bridgehead atoms. The molecule has 0 saturated heterocycles. The molecule has 2 nitrogen and oxygen atoms in total. The summed E-state index contributed by atoms with van der Waals surface area (Å²) in [6.07, 6.45) is 1.94. The topological polar surface area (TPSA) is 21.3 Å². The Morgan fingerprint density at radius 2 is 1.85 bits per heavy atom. The first-order valence-electron chi connectivity index (χ1n) is 7.60. The van der Waals surface area contributed by atoms with E-state index in [4.69, 9.17) is 4.74 Å². The molecule has 0 aromatic heterocycles. The lowest BCUT2D eigenvalue weighted by Crippen LogP contribution is -2.29. The second kappa shape index (κ2) is 9.09. The van der Waals surface area contributed by atoms with Crippen LogP contribution in [0.1, 0.15) is 52.2 Å². The van der Waals surface area contributed by atoms with Crippen LogP contribution in [0.5, 0.6) is 0 Å². The van der Waals surface area contributed by atoms with E-state index in [1.54, 1.807) is 6.07 Å². The second-order valence-corrected chi connectivity index (χ2v) is 5.98. The summed E-state index contributed by atoms with van der Waals surface area (Å²) in [6, 6.07) is 7.24. The Morgan fingerprint density at radius 3 is 2.45 bits per heavy atom. The third kappa shape index (κ3) is 6.49. The third-order valence-electron chi connectivity index (χ3n) is 3.21. The van der Waals surface area contributed by atoms with Gasteiger partial charge in [-0.3, -0.25) is 0 Å². The zero-order chi connectivity index (χ0) is 15.0. The highest BCUT2D eigenvalue weighted by atomic mass is 19.1. The van der Waals surface area contributed by atoms with E-state index in [-0.39, 0.29) is 11.9 Å². The van der Waals surface area contributed by atoms with Crippen molar-refractivity contribution >= 4 is 0 Å². The molecule has 1 atom stereocenters. The van der Waals surface area contributed by atoms with Crippen molar-refractivity contribution in [3.8, 4) is 0 Å². The van der Waals surface area contributed by atoms with Crippen LogP contribution in [0.25, 0.3) is 0 Å². The number of ether oxygens (including phenoxy) is 1. The largest absolute Gasteiger partial charge is 0.372 e. The van der Waals surface area contributed by atoms with Crippen LogP contribution in [0, 0.1) is 11.7 Å². The SMILES string of the molecule is CC(C)CCCOC(CNC(C)C)c1ccccc1F. The summed E-state index contributed by atoms with van der Waals surface area (Å²) in [4.78, 5) is 0.